The van der Waals surface area contributed by atoms with E-state index in [-0.39, 0.29) is 5.92 Å². The summed E-state index contributed by atoms with van der Waals surface area (Å²) in [5.74, 6) is 0.940. The molecule has 0 unspecified atom stereocenters. The molecule has 1 aliphatic heterocycles. The lowest BCUT2D eigenvalue weighted by Gasteiger charge is -2.13. The Morgan fingerprint density at radius 3 is 2.29 bits per heavy atom. The molecule has 0 N–H and O–H groups in total. The van der Waals surface area contributed by atoms with Gasteiger partial charge in [-0.25, -0.2) is 4.79 Å². The molecule has 2 aromatic carbocycles. The molecule has 1 aliphatic rings. The third kappa shape index (κ3) is 2.78. The van der Waals surface area contributed by atoms with Crippen molar-refractivity contribution in [3.05, 3.63) is 83.6 Å². The molecule has 0 saturated carbocycles. The van der Waals surface area contributed by atoms with Crippen molar-refractivity contribution in [2.24, 2.45) is 0 Å². The fourth-order valence-corrected chi connectivity index (χ4v) is 2.81. The molecule has 1 atom stereocenters. The predicted octanol–water partition coefficient (Wildman–Crippen LogP) is 3.91. The number of carbonyl (C=O) groups is 1. The zero-order chi connectivity index (χ0) is 17.1. The van der Waals surface area contributed by atoms with Gasteiger partial charge in [0, 0.05) is 5.56 Å². The summed E-state index contributed by atoms with van der Waals surface area (Å²) in [6.45, 7) is 3.99. The molecule has 24 heavy (non-hydrogen) atoms. The van der Waals surface area contributed by atoms with Crippen molar-refractivity contribution < 1.29 is 19.0 Å². The van der Waals surface area contributed by atoms with Crippen molar-refractivity contribution in [3.8, 4) is 5.75 Å². The molecule has 0 spiro atoms. The minimum Gasteiger partial charge on any atom is -0.497 e. The van der Waals surface area contributed by atoms with Crippen molar-refractivity contribution in [1.29, 1.82) is 0 Å². The first-order chi connectivity index (χ1) is 11.7. The number of methoxy groups -OCH3 is 2. The quantitative estimate of drug-likeness (QED) is 0.801. The second kappa shape index (κ2) is 6.62. The topological polar surface area (TPSA) is 44.8 Å². The second-order valence-corrected chi connectivity index (χ2v) is 5.37. The van der Waals surface area contributed by atoms with Crippen molar-refractivity contribution >= 4 is 11.7 Å². The predicted molar refractivity (Wildman–Crippen MR) is 91.3 cm³/mol. The smallest absolute Gasteiger partial charge is 0.338 e. The van der Waals surface area contributed by atoms with Crippen LogP contribution in [0.5, 0.6) is 5.75 Å². The number of allylic oxidation sites excluding steroid dienone is 1. The van der Waals surface area contributed by atoms with E-state index in [1.165, 1.54) is 7.11 Å². The Morgan fingerprint density at radius 1 is 1.04 bits per heavy atom. The average molecular weight is 322 g/mol. The summed E-state index contributed by atoms with van der Waals surface area (Å²) < 4.78 is 16.0. The molecule has 0 aromatic heterocycles. The molecule has 1 heterocycles. The molecule has 2 aromatic rings. The van der Waals surface area contributed by atoms with Gasteiger partial charge in [0.25, 0.3) is 0 Å². The molecular formula is C20H18O4. The number of hydrogen-bond donors (Lipinski definition) is 0. The zero-order valence-corrected chi connectivity index (χ0v) is 13.6. The van der Waals surface area contributed by atoms with Crippen molar-refractivity contribution in [2.45, 2.75) is 5.92 Å². The third-order valence-electron chi connectivity index (χ3n) is 3.98. The van der Waals surface area contributed by atoms with Gasteiger partial charge in [0.1, 0.15) is 17.3 Å². The Hall–Kier alpha value is -3.01. The van der Waals surface area contributed by atoms with E-state index in [1.807, 2.05) is 54.6 Å². The van der Waals surface area contributed by atoms with Crippen LogP contribution in [0, 0.1) is 0 Å². The van der Waals surface area contributed by atoms with Crippen LogP contribution in [-0.4, -0.2) is 20.2 Å². The van der Waals surface area contributed by atoms with Gasteiger partial charge < -0.3 is 14.2 Å². The van der Waals surface area contributed by atoms with Gasteiger partial charge in [-0.2, -0.15) is 0 Å². The largest absolute Gasteiger partial charge is 0.497 e. The van der Waals surface area contributed by atoms with Gasteiger partial charge in [-0.3, -0.25) is 0 Å². The molecule has 0 aliphatic carbocycles. The van der Waals surface area contributed by atoms with E-state index in [2.05, 4.69) is 6.58 Å². The van der Waals surface area contributed by atoms with Crippen LogP contribution >= 0.6 is 0 Å². The molecular weight excluding hydrogens is 304 g/mol. The second-order valence-electron chi connectivity index (χ2n) is 5.37. The van der Waals surface area contributed by atoms with Crippen LogP contribution < -0.4 is 4.74 Å². The lowest BCUT2D eigenvalue weighted by molar-refractivity contribution is -0.136. The van der Waals surface area contributed by atoms with Gasteiger partial charge in [0.05, 0.1) is 25.7 Å². The highest BCUT2D eigenvalue weighted by Crippen LogP contribution is 2.45. The number of hydrogen-bond acceptors (Lipinski definition) is 4. The van der Waals surface area contributed by atoms with E-state index in [1.54, 1.807) is 7.11 Å². The maximum atomic E-state index is 12.4. The average Bonchev–Trinajstić information content (AvgIpc) is 2.99. The standard InChI is InChI=1S/C20H18O4/c1-13-17(14-9-11-16(22-2)12-10-14)18(20(21)23-3)19(24-13)15-7-5-4-6-8-15/h4-12,17H,1H2,2-3H3/t17-/m1/s1. The summed E-state index contributed by atoms with van der Waals surface area (Å²) >= 11 is 0. The van der Waals surface area contributed by atoms with Gasteiger partial charge in [0.2, 0.25) is 0 Å². The zero-order valence-electron chi connectivity index (χ0n) is 13.6. The van der Waals surface area contributed by atoms with Crippen LogP contribution in [0.2, 0.25) is 0 Å². The number of carbonyl (C=O) groups excluding carboxylic acids is 1. The fraction of sp³-hybridized carbons (Fsp3) is 0.150. The summed E-state index contributed by atoms with van der Waals surface area (Å²) in [6.07, 6.45) is 0. The van der Waals surface area contributed by atoms with E-state index >= 15 is 0 Å². The minimum absolute atomic E-state index is 0.376. The van der Waals surface area contributed by atoms with Crippen LogP contribution in [0.1, 0.15) is 17.0 Å². The highest BCUT2D eigenvalue weighted by Gasteiger charge is 2.38. The summed E-state index contributed by atoms with van der Waals surface area (Å²) in [5, 5.41) is 0. The highest BCUT2D eigenvalue weighted by atomic mass is 16.5. The van der Waals surface area contributed by atoms with E-state index in [9.17, 15) is 4.79 Å². The Balaban J connectivity index is 2.11. The van der Waals surface area contributed by atoms with Crippen molar-refractivity contribution in [2.75, 3.05) is 14.2 Å². The van der Waals surface area contributed by atoms with E-state index in [0.29, 0.717) is 17.1 Å². The van der Waals surface area contributed by atoms with Crippen LogP contribution in [0.15, 0.2) is 72.5 Å². The first kappa shape index (κ1) is 15.9. The van der Waals surface area contributed by atoms with Gasteiger partial charge in [-0.05, 0) is 17.7 Å². The number of benzene rings is 2. The molecule has 0 radical (unpaired) electrons. The number of rotatable bonds is 4. The van der Waals surface area contributed by atoms with E-state index in [0.717, 1.165) is 16.9 Å². The molecule has 0 bridgehead atoms. The molecule has 0 fully saturated rings. The lowest BCUT2D eigenvalue weighted by Crippen LogP contribution is -2.12. The van der Waals surface area contributed by atoms with Crippen molar-refractivity contribution in [1.82, 2.24) is 0 Å². The van der Waals surface area contributed by atoms with Crippen LogP contribution in [0.4, 0.5) is 0 Å². The summed E-state index contributed by atoms with van der Waals surface area (Å²) in [4.78, 5) is 12.4. The maximum Gasteiger partial charge on any atom is 0.338 e. The van der Waals surface area contributed by atoms with Gasteiger partial charge >= 0.3 is 5.97 Å². The molecule has 4 heteroatoms. The molecule has 3 rings (SSSR count). The highest BCUT2D eigenvalue weighted by molar-refractivity contribution is 6.00. The Kier molecular flexibility index (Phi) is 4.38. The lowest BCUT2D eigenvalue weighted by atomic mass is 9.89. The Labute approximate surface area is 141 Å². The SMILES string of the molecule is C=C1OC(c2ccccc2)=C(C(=O)OC)[C@H]1c1ccc(OC)cc1. The number of esters is 1. The van der Waals surface area contributed by atoms with Crippen LogP contribution in [0.3, 0.4) is 0 Å². The Bertz CT molecular complexity index is 788. The Morgan fingerprint density at radius 2 is 1.71 bits per heavy atom. The van der Waals surface area contributed by atoms with Gasteiger partial charge in [0.15, 0.2) is 0 Å². The minimum atomic E-state index is -0.423. The van der Waals surface area contributed by atoms with Crippen LogP contribution in [-0.2, 0) is 14.3 Å². The normalized spacial score (nSPS) is 16.8. The molecule has 0 amide bonds. The summed E-state index contributed by atoms with van der Waals surface area (Å²) in [5.41, 5.74) is 2.17. The van der Waals surface area contributed by atoms with Crippen LogP contribution in [0.25, 0.3) is 5.76 Å². The summed E-state index contributed by atoms with van der Waals surface area (Å²) in [7, 11) is 2.98. The van der Waals surface area contributed by atoms with Gasteiger partial charge in [-0.15, -0.1) is 0 Å². The molecule has 0 saturated heterocycles. The molecule has 122 valence electrons. The van der Waals surface area contributed by atoms with Gasteiger partial charge in [-0.1, -0.05) is 49.0 Å². The first-order valence-electron chi connectivity index (χ1n) is 7.54. The fourth-order valence-electron chi connectivity index (χ4n) is 2.81. The first-order valence-corrected chi connectivity index (χ1v) is 7.54. The van der Waals surface area contributed by atoms with E-state index in [4.69, 9.17) is 14.2 Å². The van der Waals surface area contributed by atoms with E-state index < -0.39 is 5.97 Å². The van der Waals surface area contributed by atoms with Crippen molar-refractivity contribution in [3.63, 3.8) is 0 Å². The maximum absolute atomic E-state index is 12.4. The summed E-state index contributed by atoms with van der Waals surface area (Å²) in [6, 6.07) is 17.0. The number of ether oxygens (including phenoxy) is 3. The third-order valence-corrected chi connectivity index (χ3v) is 3.98. The monoisotopic (exact) mass is 322 g/mol. The molecule has 4 nitrogen and oxygen atoms in total.